The third kappa shape index (κ3) is 5.09. The smallest absolute Gasteiger partial charge is 0.406 e. The molecule has 162 valence electrons. The second-order valence-corrected chi connectivity index (χ2v) is 7.68. The molecule has 4 rings (SSSR count). The fourth-order valence-electron chi connectivity index (χ4n) is 2.88. The number of alkyl halides is 3. The molecule has 6 nitrogen and oxygen atoms in total. The molecule has 0 unspecified atom stereocenters. The van der Waals surface area contributed by atoms with Crippen molar-refractivity contribution in [1.29, 1.82) is 0 Å². The van der Waals surface area contributed by atoms with E-state index < -0.39 is 12.3 Å². The van der Waals surface area contributed by atoms with Gasteiger partial charge >= 0.3 is 6.36 Å². The fourth-order valence-corrected chi connectivity index (χ4v) is 3.82. The van der Waals surface area contributed by atoms with Crippen LogP contribution in [0.3, 0.4) is 0 Å². The number of amides is 1. The Morgan fingerprint density at radius 3 is 2.34 bits per heavy atom. The van der Waals surface area contributed by atoms with E-state index >= 15 is 0 Å². The van der Waals surface area contributed by atoms with Crippen LogP contribution >= 0.6 is 11.8 Å². The van der Waals surface area contributed by atoms with Crippen LogP contribution in [0.25, 0.3) is 16.9 Å². The zero-order valence-corrected chi connectivity index (χ0v) is 17.1. The van der Waals surface area contributed by atoms with Crippen molar-refractivity contribution in [3.05, 3.63) is 84.8 Å². The maximum Gasteiger partial charge on any atom is 0.573 e. The summed E-state index contributed by atoms with van der Waals surface area (Å²) in [5.41, 5.74) is 7.80. The normalized spacial score (nSPS) is 11.3. The van der Waals surface area contributed by atoms with Crippen LogP contribution in [0.5, 0.6) is 5.75 Å². The third-order valence-electron chi connectivity index (χ3n) is 4.32. The van der Waals surface area contributed by atoms with Gasteiger partial charge in [0.2, 0.25) is 5.91 Å². The minimum atomic E-state index is -4.75. The quantitative estimate of drug-likeness (QED) is 0.437. The molecule has 0 aliphatic carbocycles. The van der Waals surface area contributed by atoms with Gasteiger partial charge in [-0.15, -0.1) is 13.2 Å². The molecule has 0 fully saturated rings. The summed E-state index contributed by atoms with van der Waals surface area (Å²) in [6.45, 7) is 0. The maximum atomic E-state index is 12.4. The van der Waals surface area contributed by atoms with Crippen molar-refractivity contribution >= 4 is 17.7 Å². The van der Waals surface area contributed by atoms with Crippen LogP contribution in [0.4, 0.5) is 13.2 Å². The van der Waals surface area contributed by atoms with Gasteiger partial charge in [-0.2, -0.15) is 5.10 Å². The number of aromatic nitrogens is 3. The fraction of sp³-hybridized carbons (Fsp3) is 0.0455. The van der Waals surface area contributed by atoms with Crippen molar-refractivity contribution < 1.29 is 22.7 Å². The van der Waals surface area contributed by atoms with Crippen LogP contribution in [0.15, 0.2) is 89.0 Å². The van der Waals surface area contributed by atoms with Crippen LogP contribution in [0.1, 0.15) is 10.4 Å². The van der Waals surface area contributed by atoms with Gasteiger partial charge in [0.15, 0.2) is 0 Å². The lowest BCUT2D eigenvalue weighted by atomic mass is 10.1. The first-order valence-electron chi connectivity index (χ1n) is 9.22. The number of carbonyl (C=O) groups excluding carboxylic acids is 1. The van der Waals surface area contributed by atoms with Gasteiger partial charge in [0.05, 0.1) is 16.8 Å². The largest absolute Gasteiger partial charge is 0.573 e. The second-order valence-electron chi connectivity index (χ2n) is 6.56. The number of rotatable bonds is 6. The lowest BCUT2D eigenvalue weighted by molar-refractivity contribution is -0.274. The third-order valence-corrected chi connectivity index (χ3v) is 5.35. The summed E-state index contributed by atoms with van der Waals surface area (Å²) in [7, 11) is 0. The first kappa shape index (κ1) is 21.4. The first-order chi connectivity index (χ1) is 15.3. The van der Waals surface area contributed by atoms with E-state index in [9.17, 15) is 18.0 Å². The number of nitrogens with zero attached hydrogens (tertiary/aromatic N) is 3. The predicted molar refractivity (Wildman–Crippen MR) is 113 cm³/mol. The molecule has 0 aliphatic rings. The Kier molecular flexibility index (Phi) is 5.87. The summed E-state index contributed by atoms with van der Waals surface area (Å²) < 4.78 is 42.8. The summed E-state index contributed by atoms with van der Waals surface area (Å²) >= 11 is 1.33. The molecule has 0 spiro atoms. The zero-order valence-electron chi connectivity index (χ0n) is 16.3. The highest BCUT2D eigenvalue weighted by molar-refractivity contribution is 7.99. The van der Waals surface area contributed by atoms with E-state index in [1.165, 1.54) is 36.0 Å². The van der Waals surface area contributed by atoms with Crippen LogP contribution < -0.4 is 10.5 Å². The van der Waals surface area contributed by atoms with Crippen molar-refractivity contribution in [1.82, 2.24) is 14.8 Å². The molecule has 0 atom stereocenters. The molecule has 0 bridgehead atoms. The standard InChI is InChI=1S/C22H15F3N4O2S/c23-22(24,25)31-17-7-9-18(10-8-17)32-19-13-29(16-2-1-11-27-12-16)28-20(19)14-3-5-15(6-4-14)21(26)30/h1-13H,(H2,26,30). The van der Waals surface area contributed by atoms with Crippen molar-refractivity contribution in [2.45, 2.75) is 16.2 Å². The molecule has 2 aromatic heterocycles. The minimum absolute atomic E-state index is 0.296. The lowest BCUT2D eigenvalue weighted by Crippen LogP contribution is -2.16. The van der Waals surface area contributed by atoms with Gasteiger partial charge < -0.3 is 10.5 Å². The molecular formula is C22H15F3N4O2S. The minimum Gasteiger partial charge on any atom is -0.406 e. The van der Waals surface area contributed by atoms with E-state index in [-0.39, 0.29) is 5.75 Å². The lowest BCUT2D eigenvalue weighted by Gasteiger charge is -2.09. The molecule has 0 saturated heterocycles. The maximum absolute atomic E-state index is 12.4. The molecule has 32 heavy (non-hydrogen) atoms. The van der Waals surface area contributed by atoms with Crippen molar-refractivity contribution in [3.8, 4) is 22.7 Å². The van der Waals surface area contributed by atoms with Crippen LogP contribution in [-0.4, -0.2) is 27.0 Å². The first-order valence-corrected chi connectivity index (χ1v) is 10.0. The van der Waals surface area contributed by atoms with Gasteiger partial charge in [-0.1, -0.05) is 23.9 Å². The molecule has 1 amide bonds. The van der Waals surface area contributed by atoms with E-state index in [4.69, 9.17) is 5.73 Å². The molecule has 4 aromatic rings. The number of ether oxygens (including phenoxy) is 1. The van der Waals surface area contributed by atoms with E-state index in [0.717, 1.165) is 16.1 Å². The molecule has 10 heteroatoms. The highest BCUT2D eigenvalue weighted by Gasteiger charge is 2.31. The van der Waals surface area contributed by atoms with Gasteiger partial charge in [-0.25, -0.2) is 4.68 Å². The molecule has 2 heterocycles. The number of hydrogen-bond donors (Lipinski definition) is 1. The number of benzene rings is 2. The molecule has 0 radical (unpaired) electrons. The second kappa shape index (κ2) is 8.75. The average molecular weight is 456 g/mol. The van der Waals surface area contributed by atoms with Crippen molar-refractivity contribution in [3.63, 3.8) is 0 Å². The number of carbonyl (C=O) groups is 1. The Bertz CT molecular complexity index is 1230. The molecular weight excluding hydrogens is 441 g/mol. The summed E-state index contributed by atoms with van der Waals surface area (Å²) in [6.07, 6.45) is 0.365. The number of hydrogen-bond acceptors (Lipinski definition) is 5. The molecule has 0 aliphatic heterocycles. The highest BCUT2D eigenvalue weighted by Crippen LogP contribution is 2.37. The Hall–Kier alpha value is -3.79. The van der Waals surface area contributed by atoms with Crippen LogP contribution in [0, 0.1) is 0 Å². The topological polar surface area (TPSA) is 83.0 Å². The van der Waals surface area contributed by atoms with E-state index in [2.05, 4.69) is 14.8 Å². The Morgan fingerprint density at radius 2 is 1.75 bits per heavy atom. The Morgan fingerprint density at radius 1 is 1.03 bits per heavy atom. The van der Waals surface area contributed by atoms with Crippen LogP contribution in [-0.2, 0) is 0 Å². The average Bonchev–Trinajstić information content (AvgIpc) is 3.18. The summed E-state index contributed by atoms with van der Waals surface area (Å²) in [5, 5.41) is 4.65. The Labute approximate surface area is 184 Å². The number of halogens is 3. The summed E-state index contributed by atoms with van der Waals surface area (Å²) in [5.74, 6) is -0.830. The van der Waals surface area contributed by atoms with Crippen molar-refractivity contribution in [2.75, 3.05) is 0 Å². The van der Waals surface area contributed by atoms with E-state index in [1.807, 2.05) is 6.07 Å². The molecule has 0 saturated carbocycles. The Balaban J connectivity index is 1.68. The van der Waals surface area contributed by atoms with Crippen LogP contribution in [0.2, 0.25) is 0 Å². The predicted octanol–water partition coefficient (Wildman–Crippen LogP) is 5.08. The molecule has 2 N–H and O–H groups in total. The van der Waals surface area contributed by atoms with Gasteiger partial charge in [-0.05, 0) is 48.5 Å². The number of nitrogens with two attached hydrogens (primary N) is 1. The van der Waals surface area contributed by atoms with Gasteiger partial charge in [-0.3, -0.25) is 9.78 Å². The van der Waals surface area contributed by atoms with Crippen molar-refractivity contribution in [2.24, 2.45) is 5.73 Å². The van der Waals surface area contributed by atoms with E-state index in [0.29, 0.717) is 16.2 Å². The van der Waals surface area contributed by atoms with Gasteiger partial charge in [0.25, 0.3) is 0 Å². The SMILES string of the molecule is NC(=O)c1ccc(-c2nn(-c3cccnc3)cc2Sc2ccc(OC(F)(F)F)cc2)cc1. The van der Waals surface area contributed by atoms with Gasteiger partial charge in [0, 0.05) is 28.4 Å². The number of primary amides is 1. The number of pyridine rings is 1. The van der Waals surface area contributed by atoms with E-state index in [1.54, 1.807) is 53.6 Å². The molecule has 2 aromatic carbocycles. The summed E-state index contributed by atoms with van der Waals surface area (Å²) in [6, 6.07) is 15.9. The highest BCUT2D eigenvalue weighted by atomic mass is 32.2. The van der Waals surface area contributed by atoms with Gasteiger partial charge in [0.1, 0.15) is 11.4 Å². The summed E-state index contributed by atoms with van der Waals surface area (Å²) in [4.78, 5) is 16.9. The zero-order chi connectivity index (χ0) is 22.7. The monoisotopic (exact) mass is 456 g/mol.